The summed E-state index contributed by atoms with van der Waals surface area (Å²) in [5.41, 5.74) is 0.666. The maximum Gasteiger partial charge on any atom is 0.133 e. The predicted molar refractivity (Wildman–Crippen MR) is 58.3 cm³/mol. The van der Waals surface area contributed by atoms with Crippen LogP contribution >= 0.6 is 0 Å². The van der Waals surface area contributed by atoms with Crippen LogP contribution in [-0.2, 0) is 9.78 Å². The van der Waals surface area contributed by atoms with Crippen LogP contribution in [0.3, 0.4) is 0 Å². The van der Waals surface area contributed by atoms with E-state index in [1.807, 2.05) is 0 Å². The Balaban J connectivity index is 1.73. The van der Waals surface area contributed by atoms with E-state index >= 15 is 0 Å². The number of rotatable bonds is 3. The van der Waals surface area contributed by atoms with Gasteiger partial charge in [0.25, 0.3) is 0 Å². The lowest BCUT2D eigenvalue weighted by Crippen LogP contribution is -2.67. The molecule has 3 fully saturated rings. The van der Waals surface area contributed by atoms with Gasteiger partial charge in [-0.3, -0.25) is 0 Å². The summed E-state index contributed by atoms with van der Waals surface area (Å²) >= 11 is 0. The Morgan fingerprint density at radius 3 is 2.40 bits per heavy atom. The molecule has 1 saturated heterocycles. The second kappa shape index (κ2) is 3.46. The third kappa shape index (κ3) is 1.31. The highest BCUT2D eigenvalue weighted by atomic mass is 17.3. The predicted octanol–water partition coefficient (Wildman–Crippen LogP) is 3.60. The fraction of sp³-hybridized carbons (Fsp3) is 1.00. The lowest BCUT2D eigenvalue weighted by atomic mass is 9.54. The van der Waals surface area contributed by atoms with Crippen LogP contribution < -0.4 is 0 Å². The van der Waals surface area contributed by atoms with E-state index in [0.717, 1.165) is 0 Å². The van der Waals surface area contributed by atoms with Gasteiger partial charge in [-0.25, -0.2) is 9.78 Å². The minimum atomic E-state index is 0.134. The highest BCUT2D eigenvalue weighted by molar-refractivity contribution is 5.09. The summed E-state index contributed by atoms with van der Waals surface area (Å²) < 4.78 is 0. The summed E-state index contributed by atoms with van der Waals surface area (Å²) in [7, 11) is 0. The number of hydrogen-bond donors (Lipinski definition) is 0. The molecule has 1 spiro atoms. The molecule has 86 valence electrons. The van der Waals surface area contributed by atoms with Gasteiger partial charge >= 0.3 is 0 Å². The Labute approximate surface area is 92.3 Å². The molecule has 0 aromatic heterocycles. The SMILES string of the molecule is CCCCC12CCCC3(CCC3)C1OO2. The van der Waals surface area contributed by atoms with Gasteiger partial charge in [-0.15, -0.1) is 0 Å². The lowest BCUT2D eigenvalue weighted by molar-refractivity contribution is -0.543. The van der Waals surface area contributed by atoms with Crippen molar-refractivity contribution in [1.82, 2.24) is 0 Å². The Morgan fingerprint density at radius 2 is 1.87 bits per heavy atom. The molecule has 2 unspecified atom stereocenters. The minimum Gasteiger partial charge on any atom is -0.229 e. The van der Waals surface area contributed by atoms with Crippen LogP contribution in [0, 0.1) is 5.41 Å². The van der Waals surface area contributed by atoms with E-state index in [-0.39, 0.29) is 5.60 Å². The molecule has 0 aromatic rings. The smallest absolute Gasteiger partial charge is 0.133 e. The normalized spacial score (nSPS) is 41.8. The van der Waals surface area contributed by atoms with Crippen molar-refractivity contribution in [3.63, 3.8) is 0 Å². The van der Waals surface area contributed by atoms with Crippen LogP contribution in [0.2, 0.25) is 0 Å². The molecule has 2 aliphatic carbocycles. The Kier molecular flexibility index (Phi) is 2.33. The molecule has 2 nitrogen and oxygen atoms in total. The first-order valence-electron chi connectivity index (χ1n) is 6.66. The van der Waals surface area contributed by atoms with Crippen molar-refractivity contribution in [3.8, 4) is 0 Å². The average molecular weight is 210 g/mol. The third-order valence-corrected chi connectivity index (χ3v) is 4.92. The molecular formula is C13H22O2. The maximum absolute atomic E-state index is 5.56. The molecule has 0 amide bonds. The summed E-state index contributed by atoms with van der Waals surface area (Å²) in [5.74, 6) is 0. The van der Waals surface area contributed by atoms with Gasteiger partial charge in [0.2, 0.25) is 0 Å². The molecule has 2 saturated carbocycles. The number of unbranched alkanes of at least 4 members (excludes halogenated alkanes) is 1. The molecular weight excluding hydrogens is 188 g/mol. The van der Waals surface area contributed by atoms with Crippen molar-refractivity contribution in [2.75, 3.05) is 0 Å². The van der Waals surface area contributed by atoms with Crippen molar-refractivity contribution in [2.24, 2.45) is 5.41 Å². The Morgan fingerprint density at radius 1 is 1.13 bits per heavy atom. The molecule has 0 radical (unpaired) electrons. The van der Waals surface area contributed by atoms with Crippen molar-refractivity contribution >= 4 is 0 Å². The number of hydrogen-bond acceptors (Lipinski definition) is 2. The first-order valence-corrected chi connectivity index (χ1v) is 6.66. The fourth-order valence-corrected chi connectivity index (χ4v) is 3.85. The largest absolute Gasteiger partial charge is 0.229 e. The molecule has 0 N–H and O–H groups in total. The van der Waals surface area contributed by atoms with E-state index in [1.54, 1.807) is 0 Å². The lowest BCUT2D eigenvalue weighted by Gasteiger charge is -2.62. The van der Waals surface area contributed by atoms with E-state index in [4.69, 9.17) is 9.78 Å². The quantitative estimate of drug-likeness (QED) is 0.663. The van der Waals surface area contributed by atoms with Crippen molar-refractivity contribution in [1.29, 1.82) is 0 Å². The van der Waals surface area contributed by atoms with Crippen molar-refractivity contribution < 1.29 is 9.78 Å². The molecule has 2 atom stereocenters. The van der Waals surface area contributed by atoms with Crippen LogP contribution in [-0.4, -0.2) is 11.7 Å². The van der Waals surface area contributed by atoms with Crippen LogP contribution in [0.1, 0.15) is 64.7 Å². The number of fused-ring (bicyclic) bond motifs is 2. The molecule has 0 aromatic carbocycles. The maximum atomic E-state index is 5.56. The highest BCUT2D eigenvalue weighted by Crippen LogP contribution is 2.61. The van der Waals surface area contributed by atoms with Gasteiger partial charge in [0.1, 0.15) is 11.7 Å². The van der Waals surface area contributed by atoms with Gasteiger partial charge in [0, 0.05) is 5.41 Å². The van der Waals surface area contributed by atoms with Crippen LogP contribution in [0.4, 0.5) is 0 Å². The van der Waals surface area contributed by atoms with Gasteiger partial charge in [0.05, 0.1) is 0 Å². The third-order valence-electron chi connectivity index (χ3n) is 4.92. The summed E-state index contributed by atoms with van der Waals surface area (Å²) in [6.07, 6.45) is 12.4. The highest BCUT2D eigenvalue weighted by Gasteiger charge is 2.64. The molecule has 3 aliphatic rings. The molecule has 2 heteroatoms. The topological polar surface area (TPSA) is 18.5 Å². The summed E-state index contributed by atoms with van der Waals surface area (Å²) in [4.78, 5) is 11.0. The van der Waals surface area contributed by atoms with E-state index in [9.17, 15) is 0 Å². The van der Waals surface area contributed by atoms with Gasteiger partial charge in [0.15, 0.2) is 0 Å². The molecule has 15 heavy (non-hydrogen) atoms. The van der Waals surface area contributed by atoms with Crippen LogP contribution in [0.25, 0.3) is 0 Å². The minimum absolute atomic E-state index is 0.134. The Bertz CT molecular complexity index is 247. The summed E-state index contributed by atoms with van der Waals surface area (Å²) in [5, 5.41) is 0. The van der Waals surface area contributed by atoms with Crippen molar-refractivity contribution in [3.05, 3.63) is 0 Å². The standard InChI is InChI=1S/C13H22O2/c1-2-3-9-13-10-5-8-12(6-4-7-12)11(13)14-15-13/h11H,2-10H2,1H3. The van der Waals surface area contributed by atoms with Crippen LogP contribution in [0.15, 0.2) is 0 Å². The Hall–Kier alpha value is -0.0800. The van der Waals surface area contributed by atoms with Gasteiger partial charge in [-0.05, 0) is 38.5 Å². The first kappa shape index (κ1) is 10.1. The summed E-state index contributed by atoms with van der Waals surface area (Å²) in [6.45, 7) is 2.26. The fourth-order valence-electron chi connectivity index (χ4n) is 3.85. The van der Waals surface area contributed by atoms with Crippen LogP contribution in [0.5, 0.6) is 0 Å². The van der Waals surface area contributed by atoms with Gasteiger partial charge in [-0.2, -0.15) is 0 Å². The van der Waals surface area contributed by atoms with Gasteiger partial charge < -0.3 is 0 Å². The van der Waals surface area contributed by atoms with Crippen molar-refractivity contribution in [2.45, 2.75) is 76.4 Å². The first-order chi connectivity index (χ1) is 7.31. The zero-order chi connectivity index (χ0) is 10.4. The van der Waals surface area contributed by atoms with Gasteiger partial charge in [-0.1, -0.05) is 26.2 Å². The second-order valence-electron chi connectivity index (χ2n) is 5.80. The van der Waals surface area contributed by atoms with E-state index < -0.39 is 0 Å². The van der Waals surface area contributed by atoms with E-state index in [0.29, 0.717) is 11.5 Å². The van der Waals surface area contributed by atoms with E-state index in [1.165, 1.54) is 57.8 Å². The monoisotopic (exact) mass is 210 g/mol. The zero-order valence-electron chi connectivity index (χ0n) is 9.76. The van der Waals surface area contributed by atoms with E-state index in [2.05, 4.69) is 6.92 Å². The molecule has 1 heterocycles. The summed E-state index contributed by atoms with van der Waals surface area (Å²) in [6, 6.07) is 0. The second-order valence-corrected chi connectivity index (χ2v) is 5.80. The zero-order valence-corrected chi connectivity index (χ0v) is 9.76. The molecule has 0 bridgehead atoms. The molecule has 3 rings (SSSR count). The average Bonchev–Trinajstić information content (AvgIpc) is 2.16. The molecule has 1 aliphatic heterocycles.